The van der Waals surface area contributed by atoms with Crippen molar-refractivity contribution in [2.24, 2.45) is 5.41 Å². The van der Waals surface area contributed by atoms with Crippen LogP contribution in [0, 0.1) is 5.41 Å². The summed E-state index contributed by atoms with van der Waals surface area (Å²) >= 11 is 0. The van der Waals surface area contributed by atoms with Gasteiger partial charge in [0.2, 0.25) is 0 Å². The van der Waals surface area contributed by atoms with Crippen molar-refractivity contribution in [2.45, 2.75) is 26.7 Å². The van der Waals surface area contributed by atoms with Crippen molar-refractivity contribution in [3.8, 4) is 0 Å². The first-order valence-corrected chi connectivity index (χ1v) is 8.76. The molecular weight excluding hydrogens is 344 g/mol. The summed E-state index contributed by atoms with van der Waals surface area (Å²) in [4.78, 5) is 49.1. The summed E-state index contributed by atoms with van der Waals surface area (Å²) in [6.45, 7) is 2.95. The van der Waals surface area contributed by atoms with E-state index in [1.807, 2.05) is 0 Å². The lowest BCUT2D eigenvalue weighted by Crippen LogP contribution is -2.41. The van der Waals surface area contributed by atoms with Gasteiger partial charge in [-0.2, -0.15) is 0 Å². The van der Waals surface area contributed by atoms with E-state index in [0.717, 1.165) is 0 Å². The Balaban J connectivity index is 1.77. The average Bonchev–Trinajstić information content (AvgIpc) is 3.43. The monoisotopic (exact) mass is 362 g/mol. The molecule has 1 heterocycles. The summed E-state index contributed by atoms with van der Waals surface area (Å²) in [7, 11) is 0. The van der Waals surface area contributed by atoms with Gasteiger partial charge in [0.15, 0.2) is 11.6 Å². The number of hydrogen-bond donors (Lipinski definition) is 0. The normalized spacial score (nSPS) is 17.6. The van der Waals surface area contributed by atoms with E-state index in [1.54, 1.807) is 48.5 Å². The fourth-order valence-corrected chi connectivity index (χ4v) is 3.37. The van der Waals surface area contributed by atoms with Crippen molar-refractivity contribution in [3.63, 3.8) is 0 Å². The minimum atomic E-state index is -0.974. The van der Waals surface area contributed by atoms with E-state index in [0.29, 0.717) is 35.3 Å². The molecule has 0 aromatic heterocycles. The summed E-state index contributed by atoms with van der Waals surface area (Å²) < 4.78 is 0. The second-order valence-electron chi connectivity index (χ2n) is 7.02. The Bertz CT molecular complexity index is 895. The SMILES string of the molecule is CC(=O)c1ccc(N2C(=O)C3(CC3)C(=O)N2c2ccc(C(C)=O)cc2)cc1. The molecule has 6 nitrogen and oxygen atoms in total. The minimum Gasteiger partial charge on any atom is -0.295 e. The largest absolute Gasteiger partial charge is 0.295 e. The van der Waals surface area contributed by atoms with E-state index in [-0.39, 0.29) is 23.4 Å². The first-order valence-electron chi connectivity index (χ1n) is 8.76. The number of amides is 2. The Hall–Kier alpha value is -3.28. The maximum Gasteiger partial charge on any atom is 0.261 e. The first-order chi connectivity index (χ1) is 12.8. The third-order valence-electron chi connectivity index (χ3n) is 5.19. The fraction of sp³-hybridized carbons (Fsp3) is 0.238. The predicted octanol–water partition coefficient (Wildman–Crippen LogP) is 3.17. The predicted molar refractivity (Wildman–Crippen MR) is 99.5 cm³/mol. The second-order valence-corrected chi connectivity index (χ2v) is 7.02. The van der Waals surface area contributed by atoms with Gasteiger partial charge in [0.1, 0.15) is 5.41 Å². The van der Waals surface area contributed by atoms with Crippen LogP contribution in [-0.2, 0) is 9.59 Å². The van der Waals surface area contributed by atoms with E-state index in [1.165, 1.54) is 23.9 Å². The van der Waals surface area contributed by atoms with Crippen molar-refractivity contribution in [3.05, 3.63) is 59.7 Å². The fourth-order valence-electron chi connectivity index (χ4n) is 3.37. The van der Waals surface area contributed by atoms with Crippen LogP contribution in [-0.4, -0.2) is 23.4 Å². The molecule has 1 aliphatic carbocycles. The van der Waals surface area contributed by atoms with Crippen LogP contribution in [0.4, 0.5) is 11.4 Å². The van der Waals surface area contributed by atoms with Crippen LogP contribution < -0.4 is 10.0 Å². The van der Waals surface area contributed by atoms with Crippen molar-refractivity contribution >= 4 is 34.8 Å². The van der Waals surface area contributed by atoms with Gasteiger partial charge in [-0.15, -0.1) is 0 Å². The average molecular weight is 362 g/mol. The second kappa shape index (κ2) is 5.87. The number of Topliss-reactive ketones (excluding diaryl/α,β-unsaturated/α-hetero) is 2. The van der Waals surface area contributed by atoms with E-state index >= 15 is 0 Å². The van der Waals surface area contributed by atoms with Crippen LogP contribution in [0.15, 0.2) is 48.5 Å². The number of nitrogens with zero attached hydrogens (tertiary/aromatic N) is 2. The van der Waals surface area contributed by atoms with Crippen molar-refractivity contribution in [1.29, 1.82) is 0 Å². The number of carbonyl (C=O) groups excluding carboxylic acids is 4. The van der Waals surface area contributed by atoms with Gasteiger partial charge >= 0.3 is 0 Å². The molecule has 2 fully saturated rings. The van der Waals surface area contributed by atoms with E-state index in [4.69, 9.17) is 0 Å². The lowest BCUT2D eigenvalue weighted by atomic mass is 10.1. The van der Waals surface area contributed by atoms with Crippen LogP contribution in [0.3, 0.4) is 0 Å². The number of hydrogen-bond acceptors (Lipinski definition) is 4. The highest BCUT2D eigenvalue weighted by atomic mass is 16.2. The Morgan fingerprint density at radius 3 is 1.30 bits per heavy atom. The number of benzene rings is 2. The van der Waals surface area contributed by atoms with Crippen LogP contribution in [0.5, 0.6) is 0 Å². The quantitative estimate of drug-likeness (QED) is 0.618. The number of rotatable bonds is 4. The van der Waals surface area contributed by atoms with Gasteiger partial charge in [0, 0.05) is 11.1 Å². The standard InChI is InChI=1S/C21H18N2O4/c1-13(24)15-3-7-17(8-4-15)22-19(26)21(11-12-21)20(27)23(22)18-9-5-16(6-10-18)14(2)25/h3-10H,11-12H2,1-2H3. The highest BCUT2D eigenvalue weighted by Gasteiger charge is 2.66. The molecule has 4 rings (SSSR count). The zero-order valence-corrected chi connectivity index (χ0v) is 15.1. The molecule has 1 spiro atoms. The lowest BCUT2D eigenvalue weighted by Gasteiger charge is -2.28. The Kier molecular flexibility index (Phi) is 3.73. The van der Waals surface area contributed by atoms with Gasteiger partial charge in [0.25, 0.3) is 11.8 Å². The smallest absolute Gasteiger partial charge is 0.261 e. The Labute approximate surface area is 156 Å². The Morgan fingerprint density at radius 2 is 1.04 bits per heavy atom. The maximum absolute atomic E-state index is 13.0. The van der Waals surface area contributed by atoms with Crippen molar-refractivity contribution < 1.29 is 19.2 Å². The molecule has 0 bridgehead atoms. The molecule has 0 radical (unpaired) electrons. The van der Waals surface area contributed by atoms with E-state index < -0.39 is 5.41 Å². The van der Waals surface area contributed by atoms with Gasteiger partial charge in [0.05, 0.1) is 11.4 Å². The van der Waals surface area contributed by atoms with E-state index in [9.17, 15) is 19.2 Å². The zero-order valence-electron chi connectivity index (χ0n) is 15.1. The number of carbonyl (C=O) groups is 4. The molecule has 1 saturated carbocycles. The number of anilines is 2. The molecule has 1 saturated heterocycles. The van der Waals surface area contributed by atoms with Crippen LogP contribution in [0.25, 0.3) is 0 Å². The molecule has 27 heavy (non-hydrogen) atoms. The molecule has 136 valence electrons. The Morgan fingerprint density at radius 1 is 0.704 bits per heavy atom. The summed E-state index contributed by atoms with van der Waals surface area (Å²) in [6, 6.07) is 13.2. The molecule has 2 amide bonds. The molecule has 2 aliphatic rings. The van der Waals surface area contributed by atoms with Gasteiger partial charge < -0.3 is 0 Å². The van der Waals surface area contributed by atoms with Crippen LogP contribution in [0.1, 0.15) is 47.4 Å². The molecule has 2 aromatic carbocycles. The highest BCUT2D eigenvalue weighted by molar-refractivity contribution is 6.28. The lowest BCUT2D eigenvalue weighted by molar-refractivity contribution is -0.128. The zero-order chi connectivity index (χ0) is 19.3. The summed E-state index contributed by atoms with van der Waals surface area (Å²) in [6.07, 6.45) is 1.07. The van der Waals surface area contributed by atoms with Gasteiger partial charge in [-0.25, -0.2) is 10.0 Å². The minimum absolute atomic E-state index is 0.0688. The molecule has 0 atom stereocenters. The molecular formula is C21H18N2O4. The third kappa shape index (κ3) is 2.56. The van der Waals surface area contributed by atoms with Gasteiger partial charge in [-0.3, -0.25) is 19.2 Å². The third-order valence-corrected chi connectivity index (χ3v) is 5.19. The maximum atomic E-state index is 13.0. The number of hydrazine groups is 1. The first kappa shape index (κ1) is 17.1. The molecule has 0 unspecified atom stereocenters. The molecule has 1 aliphatic heterocycles. The van der Waals surface area contributed by atoms with E-state index in [2.05, 4.69) is 0 Å². The van der Waals surface area contributed by atoms with Gasteiger partial charge in [-0.1, -0.05) is 0 Å². The van der Waals surface area contributed by atoms with Crippen LogP contribution >= 0.6 is 0 Å². The number of ketones is 2. The van der Waals surface area contributed by atoms with Gasteiger partial charge in [-0.05, 0) is 75.2 Å². The summed E-state index contributed by atoms with van der Waals surface area (Å²) in [5, 5.41) is 2.75. The van der Waals surface area contributed by atoms with Crippen molar-refractivity contribution in [1.82, 2.24) is 0 Å². The summed E-state index contributed by atoms with van der Waals surface area (Å²) in [5.41, 5.74) is 1.15. The molecule has 0 N–H and O–H groups in total. The highest BCUT2D eigenvalue weighted by Crippen LogP contribution is 2.54. The van der Waals surface area contributed by atoms with Crippen LogP contribution in [0.2, 0.25) is 0 Å². The summed E-state index contributed by atoms with van der Waals surface area (Å²) in [5.74, 6) is -0.640. The topological polar surface area (TPSA) is 74.8 Å². The van der Waals surface area contributed by atoms with Crippen molar-refractivity contribution in [2.75, 3.05) is 10.0 Å². The molecule has 2 aromatic rings. The molecule has 6 heteroatoms.